The Labute approximate surface area is 314 Å². The summed E-state index contributed by atoms with van der Waals surface area (Å²) in [6, 6.07) is 8.32. The molecule has 0 radical (unpaired) electrons. The number of hydrogen-bond donors (Lipinski definition) is 4. The number of aliphatic hydroxyl groups excluding tert-OH is 1. The zero-order valence-corrected chi connectivity index (χ0v) is 32.7. The molecular weight excluding hydrogens is 697 g/mol. The molecule has 1 fully saturated rings. The number of nitrogens with zero attached hydrogens (tertiary/aromatic N) is 4. The number of aliphatic hydroxyl groups is 1. The van der Waals surface area contributed by atoms with Crippen molar-refractivity contribution in [1.29, 1.82) is 0 Å². The number of carbonyl (C=O) groups excluding carboxylic acids is 2. The van der Waals surface area contributed by atoms with Crippen molar-refractivity contribution in [3.8, 4) is 22.5 Å². The zero-order valence-electron chi connectivity index (χ0n) is 31.9. The van der Waals surface area contributed by atoms with Crippen LogP contribution in [0.3, 0.4) is 0 Å². The van der Waals surface area contributed by atoms with E-state index in [0.717, 1.165) is 39.0 Å². The molecule has 13 nitrogen and oxygen atoms in total. The number of fused-ring (bicyclic) bond motifs is 1. The molecule has 1 saturated heterocycles. The number of rotatable bonds is 13. The molecule has 0 spiro atoms. The van der Waals surface area contributed by atoms with E-state index in [-0.39, 0.29) is 19.1 Å². The lowest BCUT2D eigenvalue weighted by atomic mass is 9.84. The fourth-order valence-corrected chi connectivity index (χ4v) is 7.51. The van der Waals surface area contributed by atoms with Gasteiger partial charge in [0.25, 0.3) is 5.91 Å². The van der Waals surface area contributed by atoms with Gasteiger partial charge in [-0.3, -0.25) is 19.6 Å². The average Bonchev–Trinajstić information content (AvgIpc) is 3.71. The molecule has 1 aliphatic heterocycles. The van der Waals surface area contributed by atoms with Gasteiger partial charge in [-0.1, -0.05) is 19.9 Å². The largest absolute Gasteiger partial charge is 0.480 e. The fraction of sp³-hybridized carbons (Fsp3) is 0.513. The van der Waals surface area contributed by atoms with Gasteiger partial charge in [-0.15, -0.1) is 11.3 Å². The Morgan fingerprint density at radius 1 is 1.17 bits per heavy atom. The van der Waals surface area contributed by atoms with Gasteiger partial charge in [-0.2, -0.15) is 0 Å². The van der Waals surface area contributed by atoms with Crippen molar-refractivity contribution in [2.75, 3.05) is 20.3 Å². The molecule has 53 heavy (non-hydrogen) atoms. The van der Waals surface area contributed by atoms with Crippen LogP contribution in [-0.2, 0) is 38.4 Å². The Bertz CT molecular complexity index is 1950. The number of pyridine rings is 1. The van der Waals surface area contributed by atoms with Crippen LogP contribution in [-0.4, -0.2) is 85.7 Å². The zero-order chi connectivity index (χ0) is 38.7. The molecule has 286 valence electrons. The minimum absolute atomic E-state index is 0.00980. The van der Waals surface area contributed by atoms with Gasteiger partial charge in [0.05, 0.1) is 28.2 Å². The highest BCUT2D eigenvalue weighted by Crippen LogP contribution is 2.41. The van der Waals surface area contributed by atoms with Gasteiger partial charge in [-0.05, 0) is 89.1 Å². The van der Waals surface area contributed by atoms with Crippen LogP contribution >= 0.6 is 11.3 Å². The third-order valence-corrected chi connectivity index (χ3v) is 10.2. The van der Waals surface area contributed by atoms with Gasteiger partial charge < -0.3 is 29.6 Å². The monoisotopic (exact) mass is 748 g/mol. The third kappa shape index (κ3) is 9.23. The van der Waals surface area contributed by atoms with Gasteiger partial charge in [0.2, 0.25) is 0 Å². The number of aliphatic carboxylic acids is 1. The summed E-state index contributed by atoms with van der Waals surface area (Å²) in [5, 5.41) is 27.5. The molecule has 2 amide bonds. The predicted molar refractivity (Wildman–Crippen MR) is 204 cm³/mol. The van der Waals surface area contributed by atoms with Crippen molar-refractivity contribution in [2.45, 2.75) is 104 Å². The Kier molecular flexibility index (Phi) is 12.3. The highest BCUT2D eigenvalue weighted by molar-refractivity contribution is 7.10. The summed E-state index contributed by atoms with van der Waals surface area (Å²) in [5.74, 6) is -1.52. The lowest BCUT2D eigenvalue weighted by molar-refractivity contribution is -0.147. The van der Waals surface area contributed by atoms with E-state index in [9.17, 15) is 24.6 Å². The molecule has 5 rings (SSSR count). The van der Waals surface area contributed by atoms with Crippen LogP contribution in [0.15, 0.2) is 41.9 Å². The Morgan fingerprint density at radius 2 is 1.92 bits per heavy atom. The van der Waals surface area contributed by atoms with Crippen molar-refractivity contribution in [3.63, 3.8) is 0 Å². The van der Waals surface area contributed by atoms with E-state index in [1.807, 2.05) is 24.4 Å². The van der Waals surface area contributed by atoms with E-state index < -0.39 is 41.1 Å². The second kappa shape index (κ2) is 16.3. The number of benzene rings is 1. The van der Waals surface area contributed by atoms with Crippen molar-refractivity contribution >= 4 is 40.2 Å². The number of alkyl carbamates (subject to hydrolysis) is 1. The molecule has 0 aliphatic carbocycles. The van der Waals surface area contributed by atoms with E-state index in [1.165, 1.54) is 16.3 Å². The molecule has 3 atom stereocenters. The minimum Gasteiger partial charge on any atom is -0.480 e. The first-order chi connectivity index (χ1) is 25.1. The van der Waals surface area contributed by atoms with E-state index in [2.05, 4.69) is 54.3 Å². The van der Waals surface area contributed by atoms with Gasteiger partial charge in [0.1, 0.15) is 17.7 Å². The first-order valence-corrected chi connectivity index (χ1v) is 18.9. The lowest BCUT2D eigenvalue weighted by Gasteiger charge is -2.34. The number of aromatic nitrogens is 3. The standard InChI is InChI=1S/C39H52N6O7S/c1-9-44-31-15-14-24(18-26(31)27(20-39(6,7)22-46)34(44)25-12-10-16-40-33(25)23(2)51-8)30-21-53-32(41-30)19-29(42-37(50)52-38(3,4)5)35(47)45-17-11-13-28(43-45)36(48)49/h10,12,14-16,18,21,23,28-29,43,46H,9,11,13,17,19-20,22H2,1-8H3,(H,42,50)(H,48,49)/t23-,28-,29-/m0/s1. The summed E-state index contributed by atoms with van der Waals surface area (Å²) >= 11 is 1.37. The maximum absolute atomic E-state index is 13.8. The van der Waals surface area contributed by atoms with Crippen LogP contribution in [0, 0.1) is 5.41 Å². The molecule has 0 saturated carbocycles. The number of methoxy groups -OCH3 is 1. The van der Waals surface area contributed by atoms with E-state index in [0.29, 0.717) is 43.1 Å². The number of amides is 2. The molecule has 14 heteroatoms. The van der Waals surface area contributed by atoms with E-state index in [1.54, 1.807) is 34.1 Å². The Hall–Kier alpha value is -4.37. The molecule has 1 aromatic carbocycles. The highest BCUT2D eigenvalue weighted by atomic mass is 32.1. The number of ether oxygens (including phenoxy) is 2. The van der Waals surface area contributed by atoms with E-state index >= 15 is 0 Å². The van der Waals surface area contributed by atoms with Crippen LogP contribution in [0.4, 0.5) is 4.79 Å². The summed E-state index contributed by atoms with van der Waals surface area (Å²) in [5.41, 5.74) is 8.19. The smallest absolute Gasteiger partial charge is 0.408 e. The number of nitrogens with one attached hydrogen (secondary N) is 2. The number of carboxylic acid groups (broad SMARTS) is 1. The topological polar surface area (TPSA) is 168 Å². The Morgan fingerprint density at radius 3 is 2.58 bits per heavy atom. The molecule has 1 aliphatic rings. The summed E-state index contributed by atoms with van der Waals surface area (Å²) < 4.78 is 13.5. The Balaban J connectivity index is 1.54. The van der Waals surface area contributed by atoms with Gasteiger partial charge in [0, 0.05) is 66.8 Å². The van der Waals surface area contributed by atoms with Crippen LogP contribution in [0.1, 0.15) is 83.7 Å². The summed E-state index contributed by atoms with van der Waals surface area (Å²) in [4.78, 5) is 48.0. The van der Waals surface area contributed by atoms with Crippen LogP contribution in [0.25, 0.3) is 33.4 Å². The maximum atomic E-state index is 13.8. The lowest BCUT2D eigenvalue weighted by Crippen LogP contribution is -2.60. The average molecular weight is 749 g/mol. The molecule has 4 N–H and O–H groups in total. The SMILES string of the molecule is CCn1c(-c2cccnc2[C@H](C)OC)c(CC(C)(C)CO)c2cc(-c3csc(C[C@H](NC(=O)OC(C)(C)C)C(=O)N4CCC[C@@H](C(=O)O)N4)n3)ccc21. The van der Waals surface area contributed by atoms with Gasteiger partial charge in [-0.25, -0.2) is 15.2 Å². The van der Waals surface area contributed by atoms with Crippen LogP contribution < -0.4 is 10.7 Å². The number of thiazole rings is 1. The summed E-state index contributed by atoms with van der Waals surface area (Å²) in [6.07, 6.45) is 2.37. The van der Waals surface area contributed by atoms with Gasteiger partial charge in [0.15, 0.2) is 0 Å². The number of hydrazine groups is 1. The molecule has 3 aromatic heterocycles. The normalized spacial score (nSPS) is 16.4. The van der Waals surface area contributed by atoms with Crippen molar-refractivity contribution in [3.05, 3.63) is 58.2 Å². The predicted octanol–water partition coefficient (Wildman–Crippen LogP) is 6.13. The van der Waals surface area contributed by atoms with Crippen molar-refractivity contribution in [2.24, 2.45) is 5.41 Å². The maximum Gasteiger partial charge on any atom is 0.408 e. The number of carboxylic acids is 1. The van der Waals surface area contributed by atoms with Crippen molar-refractivity contribution < 1.29 is 34.1 Å². The molecule has 0 unspecified atom stereocenters. The fourth-order valence-electron chi connectivity index (χ4n) is 6.66. The molecule has 0 bridgehead atoms. The third-order valence-electron chi connectivity index (χ3n) is 9.37. The van der Waals surface area contributed by atoms with Gasteiger partial charge >= 0.3 is 12.1 Å². The first kappa shape index (κ1) is 39.8. The summed E-state index contributed by atoms with van der Waals surface area (Å²) in [7, 11) is 1.67. The highest BCUT2D eigenvalue weighted by Gasteiger charge is 2.34. The van der Waals surface area contributed by atoms with Crippen molar-refractivity contribution in [1.82, 2.24) is 30.3 Å². The van der Waals surface area contributed by atoms with E-state index in [4.69, 9.17) is 19.4 Å². The summed E-state index contributed by atoms with van der Waals surface area (Å²) in [6.45, 7) is 14.4. The number of carbonyl (C=O) groups is 3. The molecule has 4 heterocycles. The second-order valence-corrected chi connectivity index (χ2v) is 16.2. The van der Waals surface area contributed by atoms with Crippen LogP contribution in [0.5, 0.6) is 0 Å². The molecule has 4 aromatic rings. The first-order valence-electron chi connectivity index (χ1n) is 18.0. The number of aryl methyl sites for hydroxylation is 1. The second-order valence-electron chi connectivity index (χ2n) is 15.3. The minimum atomic E-state index is -1.05. The number of hydrogen-bond acceptors (Lipinski definition) is 10. The quantitative estimate of drug-likeness (QED) is 0.125. The van der Waals surface area contributed by atoms with Crippen LogP contribution in [0.2, 0.25) is 0 Å². The molecular formula is C39H52N6O7S.